The Balaban J connectivity index is 1.56. The second kappa shape index (κ2) is 10.5. The molecule has 1 atom stereocenters. The van der Waals surface area contributed by atoms with Crippen molar-refractivity contribution in [2.75, 3.05) is 50.3 Å². The van der Waals surface area contributed by atoms with Gasteiger partial charge < -0.3 is 19.1 Å². The van der Waals surface area contributed by atoms with Gasteiger partial charge in [-0.25, -0.2) is 4.68 Å². The zero-order valence-electron chi connectivity index (χ0n) is 23.3. The summed E-state index contributed by atoms with van der Waals surface area (Å²) in [5.74, 6) is 2.07. The molecule has 210 valence electrons. The number of carbonyl (C=O) groups is 2. The molecule has 1 aromatic heterocycles. The Morgan fingerprint density at radius 2 is 1.82 bits per heavy atom. The maximum atomic E-state index is 13.9. The fourth-order valence-corrected chi connectivity index (χ4v) is 6.62. The number of anilines is 1. The monoisotopic (exact) mass is 562 g/mol. The molecule has 0 saturated carbocycles. The van der Waals surface area contributed by atoms with Crippen LogP contribution in [0.25, 0.3) is 5.69 Å². The van der Waals surface area contributed by atoms with Crippen LogP contribution < -0.4 is 14.4 Å². The molecule has 2 amide bonds. The number of hydrogen-bond acceptors (Lipinski definition) is 7. The van der Waals surface area contributed by atoms with Crippen molar-refractivity contribution in [3.05, 3.63) is 64.8 Å². The summed E-state index contributed by atoms with van der Waals surface area (Å²) in [5, 5.41) is 4.99. The number of nitrogens with zero attached hydrogens (tertiary/aromatic N) is 4. The van der Waals surface area contributed by atoms with Crippen molar-refractivity contribution < 1.29 is 23.8 Å². The van der Waals surface area contributed by atoms with Crippen LogP contribution in [0.1, 0.15) is 48.4 Å². The van der Waals surface area contributed by atoms with E-state index in [0.29, 0.717) is 43.6 Å². The highest BCUT2D eigenvalue weighted by molar-refractivity contribution is 8.00. The van der Waals surface area contributed by atoms with Crippen molar-refractivity contribution >= 4 is 29.4 Å². The first-order valence-electron chi connectivity index (χ1n) is 13.6. The minimum atomic E-state index is -0.333. The SMILES string of the molecule is Cc1ccccc1-n1nc(C(C)(C)C)c2c1N(CC(=O)N1CCOCC1)C(=O)CS[C@@H]2c1ccc2c(c1)OCO2. The van der Waals surface area contributed by atoms with Gasteiger partial charge in [-0.15, -0.1) is 11.8 Å². The van der Waals surface area contributed by atoms with Crippen molar-refractivity contribution in [3.8, 4) is 17.2 Å². The Kier molecular flexibility index (Phi) is 7.00. The number of hydrogen-bond donors (Lipinski definition) is 0. The Bertz CT molecular complexity index is 1460. The average molecular weight is 563 g/mol. The molecule has 3 aromatic rings. The van der Waals surface area contributed by atoms with Crippen LogP contribution in [-0.4, -0.2) is 71.9 Å². The topological polar surface area (TPSA) is 86.1 Å². The number of aromatic nitrogens is 2. The maximum Gasteiger partial charge on any atom is 0.242 e. The number of amides is 2. The molecule has 0 radical (unpaired) electrons. The minimum absolute atomic E-state index is 0.0542. The summed E-state index contributed by atoms with van der Waals surface area (Å²) in [6.07, 6.45) is 0. The lowest BCUT2D eigenvalue weighted by atomic mass is 9.87. The molecular formula is C30H34N4O5S. The Morgan fingerprint density at radius 3 is 2.58 bits per heavy atom. The molecule has 0 aliphatic carbocycles. The number of thioether (sulfide) groups is 1. The third-order valence-electron chi connectivity index (χ3n) is 7.50. The van der Waals surface area contributed by atoms with E-state index in [0.717, 1.165) is 28.1 Å². The van der Waals surface area contributed by atoms with Crippen molar-refractivity contribution in [2.45, 2.75) is 38.4 Å². The summed E-state index contributed by atoms with van der Waals surface area (Å²) in [7, 11) is 0. The molecule has 3 aliphatic heterocycles. The quantitative estimate of drug-likeness (QED) is 0.470. The molecular weight excluding hydrogens is 528 g/mol. The lowest BCUT2D eigenvalue weighted by Gasteiger charge is -2.30. The smallest absolute Gasteiger partial charge is 0.242 e. The molecule has 40 heavy (non-hydrogen) atoms. The fraction of sp³-hybridized carbons (Fsp3) is 0.433. The van der Waals surface area contributed by atoms with Gasteiger partial charge in [-0.3, -0.25) is 14.5 Å². The Morgan fingerprint density at radius 1 is 1.07 bits per heavy atom. The van der Waals surface area contributed by atoms with E-state index in [1.807, 2.05) is 54.1 Å². The van der Waals surface area contributed by atoms with Crippen LogP contribution in [0.4, 0.5) is 5.82 Å². The molecule has 0 N–H and O–H groups in total. The number of para-hydroxylation sites is 1. The van der Waals surface area contributed by atoms with Gasteiger partial charge in [0.25, 0.3) is 0 Å². The molecule has 6 rings (SSSR count). The number of fused-ring (bicyclic) bond motifs is 2. The second-order valence-corrected chi connectivity index (χ2v) is 12.4. The zero-order chi connectivity index (χ0) is 28.0. The first kappa shape index (κ1) is 26.7. The summed E-state index contributed by atoms with van der Waals surface area (Å²) in [5.41, 5.74) is 4.40. The highest BCUT2D eigenvalue weighted by Gasteiger charge is 2.41. The number of rotatable bonds is 4. The van der Waals surface area contributed by atoms with E-state index >= 15 is 0 Å². The van der Waals surface area contributed by atoms with Gasteiger partial charge in [0.15, 0.2) is 11.5 Å². The van der Waals surface area contributed by atoms with Crippen molar-refractivity contribution in [3.63, 3.8) is 0 Å². The molecule has 0 spiro atoms. The highest BCUT2D eigenvalue weighted by atomic mass is 32.2. The van der Waals surface area contributed by atoms with E-state index in [1.165, 1.54) is 0 Å². The Hall–Kier alpha value is -3.50. The number of ether oxygens (including phenoxy) is 3. The number of morpholine rings is 1. The summed E-state index contributed by atoms with van der Waals surface area (Å²) >= 11 is 1.56. The minimum Gasteiger partial charge on any atom is -0.454 e. The van der Waals surface area contributed by atoms with Crippen LogP contribution in [0.3, 0.4) is 0 Å². The van der Waals surface area contributed by atoms with Crippen LogP contribution >= 0.6 is 11.8 Å². The predicted octanol–water partition coefficient (Wildman–Crippen LogP) is 4.23. The molecule has 0 unspecified atom stereocenters. The lowest BCUT2D eigenvalue weighted by Crippen LogP contribution is -2.48. The van der Waals surface area contributed by atoms with Gasteiger partial charge in [0.2, 0.25) is 18.6 Å². The van der Waals surface area contributed by atoms with E-state index < -0.39 is 0 Å². The standard InChI is InChI=1S/C30H34N4O5S/c1-19-7-5-6-8-21(19)34-29-26(28(31-34)30(2,3)4)27(20-9-10-22-23(15-20)39-18-38-22)40-17-25(36)33(29)16-24(35)32-11-13-37-14-12-32/h5-10,15,27H,11-14,16-18H2,1-4H3/t27-/m1/s1. The normalized spacial score (nSPS) is 19.0. The number of aryl methyl sites for hydroxylation is 1. The van der Waals surface area contributed by atoms with Gasteiger partial charge in [0.05, 0.1) is 35.6 Å². The molecule has 0 bridgehead atoms. The van der Waals surface area contributed by atoms with E-state index in [1.54, 1.807) is 21.6 Å². The maximum absolute atomic E-state index is 13.9. The van der Waals surface area contributed by atoms with Crippen LogP contribution in [0.15, 0.2) is 42.5 Å². The third kappa shape index (κ3) is 4.83. The van der Waals surface area contributed by atoms with Gasteiger partial charge in [-0.05, 0) is 36.2 Å². The third-order valence-corrected chi connectivity index (χ3v) is 8.75. The average Bonchev–Trinajstić information content (AvgIpc) is 3.54. The van der Waals surface area contributed by atoms with E-state index in [2.05, 4.69) is 20.8 Å². The first-order chi connectivity index (χ1) is 19.2. The number of benzene rings is 2. The van der Waals surface area contributed by atoms with Crippen molar-refractivity contribution in [1.82, 2.24) is 14.7 Å². The highest BCUT2D eigenvalue weighted by Crippen LogP contribution is 2.50. The van der Waals surface area contributed by atoms with E-state index in [-0.39, 0.29) is 41.6 Å². The van der Waals surface area contributed by atoms with Crippen molar-refractivity contribution in [1.29, 1.82) is 0 Å². The largest absolute Gasteiger partial charge is 0.454 e. The molecule has 9 nitrogen and oxygen atoms in total. The second-order valence-electron chi connectivity index (χ2n) is 11.3. The van der Waals surface area contributed by atoms with Gasteiger partial charge in [0.1, 0.15) is 12.4 Å². The van der Waals surface area contributed by atoms with Gasteiger partial charge in [-0.1, -0.05) is 45.0 Å². The first-order valence-corrected chi connectivity index (χ1v) is 14.6. The molecule has 10 heteroatoms. The van der Waals surface area contributed by atoms with Gasteiger partial charge in [-0.2, -0.15) is 5.10 Å². The summed E-state index contributed by atoms with van der Waals surface area (Å²) < 4.78 is 18.6. The molecule has 3 aliphatic rings. The summed E-state index contributed by atoms with van der Waals surface area (Å²) in [6, 6.07) is 14.0. The van der Waals surface area contributed by atoms with E-state index in [4.69, 9.17) is 19.3 Å². The predicted molar refractivity (Wildman–Crippen MR) is 154 cm³/mol. The van der Waals surface area contributed by atoms with E-state index in [9.17, 15) is 9.59 Å². The van der Waals surface area contributed by atoms with Crippen LogP contribution in [0.5, 0.6) is 11.5 Å². The van der Waals surface area contributed by atoms with Crippen LogP contribution in [0, 0.1) is 6.92 Å². The van der Waals surface area contributed by atoms with Crippen LogP contribution in [-0.2, 0) is 19.7 Å². The van der Waals surface area contributed by atoms with Gasteiger partial charge >= 0.3 is 0 Å². The molecule has 1 saturated heterocycles. The summed E-state index contributed by atoms with van der Waals surface area (Å²) in [4.78, 5) is 30.9. The number of carbonyl (C=O) groups excluding carboxylic acids is 2. The molecule has 2 aromatic carbocycles. The zero-order valence-corrected chi connectivity index (χ0v) is 24.1. The molecule has 4 heterocycles. The van der Waals surface area contributed by atoms with Crippen LogP contribution in [0.2, 0.25) is 0 Å². The Labute approximate surface area is 238 Å². The lowest BCUT2D eigenvalue weighted by molar-refractivity contribution is -0.134. The fourth-order valence-electron chi connectivity index (χ4n) is 5.43. The van der Waals surface area contributed by atoms with Gasteiger partial charge in [0, 0.05) is 24.1 Å². The summed E-state index contributed by atoms with van der Waals surface area (Å²) in [6.45, 7) is 10.6. The van der Waals surface area contributed by atoms with Crippen molar-refractivity contribution in [2.24, 2.45) is 0 Å². The molecule has 1 fully saturated rings.